The fraction of sp³-hybridized carbons (Fsp3) is 0.500. The van der Waals surface area contributed by atoms with Gasteiger partial charge in [0.15, 0.2) is 0 Å². The van der Waals surface area contributed by atoms with Crippen LogP contribution in [0.25, 0.3) is 0 Å². The van der Waals surface area contributed by atoms with Gasteiger partial charge in [-0.25, -0.2) is 0 Å². The SMILES string of the molecule is NCC(=O)O.O.O.O.O.O.O.O.O.[Al+3].[Cl-].[Cl-].[Cl-].[Cl-].[Cl-].[Cl-].[Cl-].[Zr+4]. The molecule has 0 radical (unpaired) electrons. The zero-order chi connectivity index (χ0) is 4.28. The van der Waals surface area contributed by atoms with Crippen LogP contribution in [-0.4, -0.2) is 78.8 Å². The first-order chi connectivity index (χ1) is 2.27. The van der Waals surface area contributed by atoms with Gasteiger partial charge in [0.05, 0.1) is 6.54 Å². The molecule has 150 valence electrons. The normalized spacial score (nSPS) is 1.68. The van der Waals surface area contributed by atoms with E-state index in [1.165, 1.54) is 0 Å². The summed E-state index contributed by atoms with van der Waals surface area (Å²) in [6.07, 6.45) is 0. The summed E-state index contributed by atoms with van der Waals surface area (Å²) in [6.45, 7) is -0.278. The zero-order valence-corrected chi connectivity index (χ0v) is 19.3. The first kappa shape index (κ1) is 317. The van der Waals surface area contributed by atoms with Gasteiger partial charge < -0.3 is 141 Å². The van der Waals surface area contributed by atoms with Crippen LogP contribution in [0.5, 0.6) is 0 Å². The van der Waals surface area contributed by atoms with Crippen LogP contribution >= 0.6 is 0 Å². The maximum atomic E-state index is 9.24. The molecule has 0 aromatic carbocycles. The standard InChI is InChI=1S/C2H5NO2.Al.7ClH.8H2O.Zr/c3-1-2(4)5;;;;;;;;;;;;;;;;;/h1,3H2,(H,4,5);;7*1H;8*1H2;/q;+3;;;;;;;;;;;;;;;;+4/p-7. The third-order valence-corrected chi connectivity index (χ3v) is 0.175. The smallest absolute Gasteiger partial charge is 1.00 e. The van der Waals surface area contributed by atoms with Crippen LogP contribution in [0.3, 0.4) is 0 Å². The molecular weight excluding hydrogens is 564 g/mol. The van der Waals surface area contributed by atoms with Gasteiger partial charge in [-0.15, -0.1) is 0 Å². The Bertz CT molecular complexity index is 78.5. The van der Waals surface area contributed by atoms with E-state index in [0.29, 0.717) is 0 Å². The van der Waals surface area contributed by atoms with Crippen molar-refractivity contribution in [3.05, 3.63) is 0 Å². The van der Waals surface area contributed by atoms with Gasteiger partial charge >= 0.3 is 49.5 Å². The fourth-order valence-electron chi connectivity index (χ4n) is 0. The van der Waals surface area contributed by atoms with Crippen molar-refractivity contribution < 1.29 is 167 Å². The molecule has 20 heteroatoms. The molecule has 0 rings (SSSR count). The van der Waals surface area contributed by atoms with Crippen molar-refractivity contribution in [3.63, 3.8) is 0 Å². The van der Waals surface area contributed by atoms with E-state index in [0.717, 1.165) is 0 Å². The van der Waals surface area contributed by atoms with Crippen LogP contribution in [0.2, 0.25) is 0 Å². The Balaban J connectivity index is -0.000000000588. The summed E-state index contributed by atoms with van der Waals surface area (Å²) in [5, 5.41) is 7.60. The Morgan fingerprint density at radius 3 is 0.682 bits per heavy atom. The summed E-state index contributed by atoms with van der Waals surface area (Å²) in [5.74, 6) is -0.968. The van der Waals surface area contributed by atoms with Gasteiger partial charge in [0.2, 0.25) is 0 Å². The topological polar surface area (TPSA) is 315 Å². The molecule has 0 saturated carbocycles. The number of hydrogen-bond acceptors (Lipinski definition) is 2. The van der Waals surface area contributed by atoms with Gasteiger partial charge in [-0.1, -0.05) is 0 Å². The molecule has 0 saturated heterocycles. The summed E-state index contributed by atoms with van der Waals surface area (Å²) in [6, 6.07) is 0. The first-order valence-corrected chi connectivity index (χ1v) is 1.19. The van der Waals surface area contributed by atoms with Crippen LogP contribution in [0.15, 0.2) is 0 Å². The third-order valence-electron chi connectivity index (χ3n) is 0.175. The second kappa shape index (κ2) is 279. The predicted octanol–water partition coefficient (Wildman–Crippen LogP) is -28.9. The van der Waals surface area contributed by atoms with Crippen molar-refractivity contribution in [2.24, 2.45) is 5.73 Å². The summed E-state index contributed by atoms with van der Waals surface area (Å²) in [4.78, 5) is 9.24. The zero-order valence-electron chi connectivity index (χ0n) is 10.4. The van der Waals surface area contributed by atoms with Crippen molar-refractivity contribution in [2.45, 2.75) is 0 Å². The number of carboxylic acids is 1. The molecule has 0 aromatic heterocycles. The monoisotopic (exact) mass is 581 g/mol. The minimum atomic E-state index is -0.968. The van der Waals surface area contributed by atoms with Crippen LogP contribution in [-0.2, 0) is 31.0 Å². The molecule has 0 aliphatic carbocycles. The maximum Gasteiger partial charge on any atom is 4.00 e. The number of hydrogen-bond donors (Lipinski definition) is 2. The van der Waals surface area contributed by atoms with Crippen LogP contribution < -0.4 is 92.6 Å². The minimum absolute atomic E-state index is 0. The van der Waals surface area contributed by atoms with Crippen molar-refractivity contribution in [3.8, 4) is 0 Å². The van der Waals surface area contributed by atoms with E-state index >= 15 is 0 Å². The van der Waals surface area contributed by atoms with Crippen LogP contribution in [0.4, 0.5) is 0 Å². The van der Waals surface area contributed by atoms with E-state index in [-0.39, 0.29) is 181 Å². The quantitative estimate of drug-likeness (QED) is 0.283. The van der Waals surface area contributed by atoms with Crippen molar-refractivity contribution in [1.82, 2.24) is 0 Å². The van der Waals surface area contributed by atoms with Gasteiger partial charge in [-0.3, -0.25) is 4.79 Å². The maximum absolute atomic E-state index is 9.24. The third kappa shape index (κ3) is 505. The van der Waals surface area contributed by atoms with E-state index in [1.54, 1.807) is 0 Å². The number of rotatable bonds is 1. The Morgan fingerprint density at radius 1 is 0.636 bits per heavy atom. The molecule has 0 aromatic rings. The first-order valence-electron chi connectivity index (χ1n) is 1.19. The second-order valence-electron chi connectivity index (χ2n) is 0.598. The molecule has 0 bridgehead atoms. The number of aliphatic carboxylic acids is 1. The second-order valence-corrected chi connectivity index (χ2v) is 0.598. The molecule has 0 atom stereocenters. The Kier molecular flexibility index (Phi) is 4020. The Hall–Kier alpha value is 2.56. The predicted molar refractivity (Wildman–Crippen MR) is 51.4 cm³/mol. The minimum Gasteiger partial charge on any atom is -1.00 e. The summed E-state index contributed by atoms with van der Waals surface area (Å²) < 4.78 is 0. The molecule has 0 fully saturated rings. The molecular formula is C2H21AlCl7NO10Zr. The summed E-state index contributed by atoms with van der Waals surface area (Å²) in [5.41, 5.74) is 4.57. The molecule has 0 unspecified atom stereocenters. The molecule has 0 aliphatic heterocycles. The molecule has 22 heavy (non-hydrogen) atoms. The average Bonchev–Trinajstić information content (AvgIpc) is 1.38. The number of nitrogens with two attached hydrogens (primary N) is 1. The summed E-state index contributed by atoms with van der Waals surface area (Å²) >= 11 is 0. The van der Waals surface area contributed by atoms with Gasteiger partial charge in [0, 0.05) is 0 Å². The van der Waals surface area contributed by atoms with Gasteiger partial charge in [-0.05, 0) is 0 Å². The number of carbonyl (C=O) groups is 1. The van der Waals surface area contributed by atoms with Crippen LogP contribution in [0, 0.1) is 0 Å². The number of carboxylic acid groups (broad SMARTS) is 1. The van der Waals surface area contributed by atoms with Crippen LogP contribution in [0.1, 0.15) is 0 Å². The Morgan fingerprint density at radius 2 is 0.682 bits per heavy atom. The summed E-state index contributed by atoms with van der Waals surface area (Å²) in [7, 11) is 0. The molecule has 0 amide bonds. The van der Waals surface area contributed by atoms with E-state index in [9.17, 15) is 4.79 Å². The van der Waals surface area contributed by atoms with Gasteiger partial charge in [0.25, 0.3) is 0 Å². The molecule has 11 nitrogen and oxygen atoms in total. The molecule has 0 aliphatic rings. The molecule has 0 spiro atoms. The van der Waals surface area contributed by atoms with E-state index in [1.807, 2.05) is 0 Å². The fourth-order valence-corrected chi connectivity index (χ4v) is 0. The van der Waals surface area contributed by atoms with E-state index < -0.39 is 5.97 Å². The molecule has 0 heterocycles. The van der Waals surface area contributed by atoms with Gasteiger partial charge in [-0.2, -0.15) is 0 Å². The van der Waals surface area contributed by atoms with E-state index in [2.05, 4.69) is 5.73 Å². The van der Waals surface area contributed by atoms with Crippen molar-refractivity contribution >= 4 is 23.3 Å². The van der Waals surface area contributed by atoms with Crippen molar-refractivity contribution in [2.75, 3.05) is 6.54 Å². The number of halogens is 7. The largest absolute Gasteiger partial charge is 4.00 e. The van der Waals surface area contributed by atoms with Crippen molar-refractivity contribution in [1.29, 1.82) is 0 Å². The Labute approximate surface area is 200 Å². The molecule has 19 N–H and O–H groups in total. The average molecular weight is 586 g/mol. The van der Waals surface area contributed by atoms with E-state index in [4.69, 9.17) is 5.11 Å². The van der Waals surface area contributed by atoms with Gasteiger partial charge in [0.1, 0.15) is 0 Å².